The standard InChI is InChI=1S/C16H12BrN3O3/c1-7-13(8(2)21)16(15(22)20-7)10-5-9(17)3-4-12(10)23-14(19)11(16)6-18/h3-5H,19H2,1-2H3,(H,20,22)/t16-/m0/s1. The summed E-state index contributed by atoms with van der Waals surface area (Å²) in [5, 5.41) is 12.3. The highest BCUT2D eigenvalue weighted by Crippen LogP contribution is 2.51. The average Bonchev–Trinajstić information content (AvgIpc) is 2.72. The first-order valence-electron chi connectivity index (χ1n) is 6.76. The smallest absolute Gasteiger partial charge is 0.245 e. The highest BCUT2D eigenvalue weighted by atomic mass is 79.9. The van der Waals surface area contributed by atoms with Gasteiger partial charge in [0.2, 0.25) is 11.8 Å². The summed E-state index contributed by atoms with van der Waals surface area (Å²) in [4.78, 5) is 25.1. The van der Waals surface area contributed by atoms with Crippen LogP contribution in [0.5, 0.6) is 5.75 Å². The molecule has 2 aliphatic rings. The van der Waals surface area contributed by atoms with Gasteiger partial charge in [-0.3, -0.25) is 9.59 Å². The van der Waals surface area contributed by atoms with Crippen molar-refractivity contribution in [1.82, 2.24) is 5.32 Å². The van der Waals surface area contributed by atoms with Crippen LogP contribution in [-0.2, 0) is 15.0 Å². The summed E-state index contributed by atoms with van der Waals surface area (Å²) in [7, 11) is 0. The zero-order valence-corrected chi connectivity index (χ0v) is 13.9. The first kappa shape index (κ1) is 15.3. The summed E-state index contributed by atoms with van der Waals surface area (Å²) in [6, 6.07) is 6.99. The molecule has 3 rings (SSSR count). The van der Waals surface area contributed by atoms with Gasteiger partial charge < -0.3 is 15.8 Å². The first-order valence-corrected chi connectivity index (χ1v) is 7.55. The number of nitriles is 1. The van der Waals surface area contributed by atoms with Crippen LogP contribution < -0.4 is 15.8 Å². The third-order valence-electron chi connectivity index (χ3n) is 4.04. The minimum absolute atomic E-state index is 0.0809. The van der Waals surface area contributed by atoms with Crippen molar-refractivity contribution in [3.05, 3.63) is 51.0 Å². The molecule has 0 aliphatic carbocycles. The van der Waals surface area contributed by atoms with E-state index in [1.54, 1.807) is 25.1 Å². The average molecular weight is 374 g/mol. The Kier molecular flexibility index (Phi) is 3.30. The Bertz CT molecular complexity index is 879. The highest BCUT2D eigenvalue weighted by molar-refractivity contribution is 9.10. The molecule has 1 spiro atoms. The molecular weight excluding hydrogens is 362 g/mol. The van der Waals surface area contributed by atoms with Gasteiger partial charge >= 0.3 is 0 Å². The van der Waals surface area contributed by atoms with Crippen LogP contribution in [0.1, 0.15) is 19.4 Å². The van der Waals surface area contributed by atoms with Gasteiger partial charge in [-0.2, -0.15) is 5.26 Å². The summed E-state index contributed by atoms with van der Waals surface area (Å²) >= 11 is 3.35. The van der Waals surface area contributed by atoms with Crippen molar-refractivity contribution in [3.63, 3.8) is 0 Å². The number of ketones is 1. The zero-order chi connectivity index (χ0) is 16.9. The van der Waals surface area contributed by atoms with Crippen LogP contribution in [0.4, 0.5) is 0 Å². The number of nitrogens with zero attached hydrogens (tertiary/aromatic N) is 1. The lowest BCUT2D eigenvalue weighted by atomic mass is 9.67. The molecule has 1 amide bonds. The quantitative estimate of drug-likeness (QED) is 0.780. The molecule has 6 nitrogen and oxygen atoms in total. The second-order valence-electron chi connectivity index (χ2n) is 5.35. The van der Waals surface area contributed by atoms with E-state index in [9.17, 15) is 14.9 Å². The maximum Gasteiger partial charge on any atom is 0.245 e. The fourth-order valence-corrected chi connectivity index (χ4v) is 3.62. The van der Waals surface area contributed by atoms with Crippen LogP contribution in [0.3, 0.4) is 0 Å². The van der Waals surface area contributed by atoms with Crippen molar-refractivity contribution < 1.29 is 14.3 Å². The number of ether oxygens (including phenoxy) is 1. The first-order chi connectivity index (χ1) is 10.8. The summed E-state index contributed by atoms with van der Waals surface area (Å²) in [6.45, 7) is 2.99. The van der Waals surface area contributed by atoms with Gasteiger partial charge in [0.15, 0.2) is 5.78 Å². The lowest BCUT2D eigenvalue weighted by Gasteiger charge is -2.34. The Morgan fingerprint density at radius 3 is 2.78 bits per heavy atom. The Hall–Kier alpha value is -2.59. The van der Waals surface area contributed by atoms with Crippen LogP contribution in [0, 0.1) is 11.3 Å². The number of halogens is 1. The molecule has 0 aromatic heterocycles. The Morgan fingerprint density at radius 2 is 2.17 bits per heavy atom. The number of hydrogen-bond acceptors (Lipinski definition) is 5. The molecular formula is C16H12BrN3O3. The number of hydrogen-bond donors (Lipinski definition) is 2. The predicted molar refractivity (Wildman–Crippen MR) is 84.8 cm³/mol. The minimum Gasteiger partial charge on any atom is -0.440 e. The van der Waals surface area contributed by atoms with Crippen LogP contribution in [0.15, 0.2) is 45.4 Å². The van der Waals surface area contributed by atoms with E-state index in [0.717, 1.165) is 0 Å². The number of carbonyl (C=O) groups is 2. The molecule has 1 aromatic carbocycles. The predicted octanol–water partition coefficient (Wildman–Crippen LogP) is 1.77. The largest absolute Gasteiger partial charge is 0.440 e. The lowest BCUT2D eigenvalue weighted by molar-refractivity contribution is -0.124. The van der Waals surface area contributed by atoms with E-state index < -0.39 is 11.3 Å². The van der Waals surface area contributed by atoms with Crippen molar-refractivity contribution in [3.8, 4) is 11.8 Å². The van der Waals surface area contributed by atoms with Crippen molar-refractivity contribution >= 4 is 27.6 Å². The van der Waals surface area contributed by atoms with Crippen molar-refractivity contribution in [2.24, 2.45) is 5.73 Å². The molecule has 0 bridgehead atoms. The zero-order valence-electron chi connectivity index (χ0n) is 12.4. The number of carbonyl (C=O) groups excluding carboxylic acids is 2. The number of allylic oxidation sites excluding steroid dienone is 1. The number of nitrogens with two attached hydrogens (primary N) is 1. The molecule has 0 saturated heterocycles. The van der Waals surface area contributed by atoms with Crippen molar-refractivity contribution in [1.29, 1.82) is 5.26 Å². The Morgan fingerprint density at radius 1 is 1.48 bits per heavy atom. The second kappa shape index (κ2) is 4.96. The van der Waals surface area contributed by atoms with Crippen molar-refractivity contribution in [2.75, 3.05) is 0 Å². The van der Waals surface area contributed by atoms with E-state index >= 15 is 0 Å². The second-order valence-corrected chi connectivity index (χ2v) is 6.27. The number of amides is 1. The van der Waals surface area contributed by atoms with Gasteiger partial charge in [-0.15, -0.1) is 0 Å². The Labute approximate surface area is 140 Å². The molecule has 0 fully saturated rings. The van der Waals surface area contributed by atoms with Gasteiger partial charge in [-0.05, 0) is 32.0 Å². The van der Waals surface area contributed by atoms with Gasteiger partial charge in [0.1, 0.15) is 22.8 Å². The molecule has 116 valence electrons. The summed E-state index contributed by atoms with van der Waals surface area (Å²) < 4.78 is 6.18. The van der Waals surface area contributed by atoms with E-state index in [4.69, 9.17) is 10.5 Å². The number of Topliss-reactive ketones (excluding diaryl/α,β-unsaturated/α-hetero) is 1. The number of benzene rings is 1. The Balaban J connectivity index is 2.49. The van der Waals surface area contributed by atoms with Crippen LogP contribution in [0.2, 0.25) is 0 Å². The van der Waals surface area contributed by atoms with Gasteiger partial charge in [-0.1, -0.05) is 15.9 Å². The van der Waals surface area contributed by atoms with Crippen molar-refractivity contribution in [2.45, 2.75) is 19.3 Å². The normalized spacial score (nSPS) is 22.6. The third-order valence-corrected chi connectivity index (χ3v) is 4.54. The number of rotatable bonds is 1. The molecule has 2 aliphatic heterocycles. The summed E-state index contributed by atoms with van der Waals surface area (Å²) in [5.74, 6) is -0.629. The molecule has 0 unspecified atom stereocenters. The molecule has 1 aromatic rings. The van der Waals surface area contributed by atoms with Gasteiger partial charge in [0, 0.05) is 21.3 Å². The summed E-state index contributed by atoms with van der Waals surface area (Å²) in [5.41, 5.74) is 5.26. The number of nitrogens with one attached hydrogen (secondary N) is 1. The maximum atomic E-state index is 12.8. The third kappa shape index (κ3) is 1.85. The lowest BCUT2D eigenvalue weighted by Crippen LogP contribution is -2.45. The van der Waals surface area contributed by atoms with Gasteiger partial charge in [-0.25, -0.2) is 0 Å². The summed E-state index contributed by atoms with van der Waals surface area (Å²) in [6.07, 6.45) is 0. The molecule has 0 radical (unpaired) electrons. The molecule has 0 saturated carbocycles. The van der Waals surface area contributed by atoms with Crippen LogP contribution >= 0.6 is 15.9 Å². The van der Waals surface area contributed by atoms with E-state index in [1.807, 2.05) is 6.07 Å². The molecule has 3 N–H and O–H groups in total. The highest BCUT2D eigenvalue weighted by Gasteiger charge is 2.58. The molecule has 1 atom stereocenters. The van der Waals surface area contributed by atoms with E-state index in [2.05, 4.69) is 21.2 Å². The van der Waals surface area contributed by atoms with E-state index in [0.29, 0.717) is 21.5 Å². The van der Waals surface area contributed by atoms with Crippen LogP contribution in [-0.4, -0.2) is 11.7 Å². The topological polar surface area (TPSA) is 105 Å². The number of fused-ring (bicyclic) bond motifs is 2. The molecule has 7 heteroatoms. The van der Waals surface area contributed by atoms with Gasteiger partial charge in [0.05, 0.1) is 0 Å². The fourth-order valence-electron chi connectivity index (χ4n) is 3.26. The molecule has 2 heterocycles. The van der Waals surface area contributed by atoms with Gasteiger partial charge in [0.25, 0.3) is 0 Å². The SMILES string of the molecule is CC(=O)C1=C(C)NC(=O)[C@@]12C(C#N)=C(N)Oc1ccc(Br)cc12. The monoisotopic (exact) mass is 373 g/mol. The van der Waals surface area contributed by atoms with E-state index in [1.165, 1.54) is 6.92 Å². The van der Waals surface area contributed by atoms with E-state index in [-0.39, 0.29) is 22.8 Å². The minimum atomic E-state index is -1.58. The maximum absolute atomic E-state index is 12.8. The van der Waals surface area contributed by atoms with Crippen LogP contribution in [0.25, 0.3) is 0 Å². The molecule has 23 heavy (non-hydrogen) atoms. The fraction of sp³-hybridized carbons (Fsp3) is 0.188.